The predicted octanol–water partition coefficient (Wildman–Crippen LogP) is 3.17. The highest BCUT2D eigenvalue weighted by molar-refractivity contribution is 6.30. The van der Waals surface area contributed by atoms with E-state index in [-0.39, 0.29) is 11.6 Å². The Morgan fingerprint density at radius 3 is 2.57 bits per heavy atom. The van der Waals surface area contributed by atoms with E-state index in [9.17, 15) is 14.3 Å². The number of halogens is 2. The van der Waals surface area contributed by atoms with E-state index in [1.54, 1.807) is 43.4 Å². The SMILES string of the molecule is CN(Cc1ccc(Cl)c(F)c1)C(=O)C(O)c1ccccc1. The molecule has 0 heterocycles. The first kappa shape index (κ1) is 15.5. The smallest absolute Gasteiger partial charge is 0.256 e. The number of carbonyl (C=O) groups excluding carboxylic acids is 1. The van der Waals surface area contributed by atoms with E-state index < -0.39 is 17.8 Å². The fraction of sp³-hybridized carbons (Fsp3) is 0.188. The Morgan fingerprint density at radius 1 is 1.29 bits per heavy atom. The molecule has 110 valence electrons. The van der Waals surface area contributed by atoms with E-state index >= 15 is 0 Å². The average Bonchev–Trinajstić information content (AvgIpc) is 2.50. The predicted molar refractivity (Wildman–Crippen MR) is 79.3 cm³/mol. The first-order valence-electron chi connectivity index (χ1n) is 6.41. The van der Waals surface area contributed by atoms with Gasteiger partial charge in [-0.05, 0) is 23.3 Å². The van der Waals surface area contributed by atoms with Crippen molar-refractivity contribution in [2.45, 2.75) is 12.6 Å². The van der Waals surface area contributed by atoms with Crippen molar-refractivity contribution in [2.75, 3.05) is 7.05 Å². The van der Waals surface area contributed by atoms with E-state index in [2.05, 4.69) is 0 Å². The molecule has 0 radical (unpaired) electrons. The van der Waals surface area contributed by atoms with Gasteiger partial charge in [0, 0.05) is 13.6 Å². The Hall–Kier alpha value is -1.91. The Morgan fingerprint density at radius 2 is 1.95 bits per heavy atom. The molecule has 3 nitrogen and oxygen atoms in total. The molecule has 2 aromatic carbocycles. The topological polar surface area (TPSA) is 40.5 Å². The minimum Gasteiger partial charge on any atom is -0.378 e. The minimum atomic E-state index is -1.23. The molecule has 0 aromatic heterocycles. The molecule has 1 atom stereocenters. The number of likely N-dealkylation sites (N-methyl/N-ethyl adjacent to an activating group) is 1. The molecular formula is C16H15ClFNO2. The molecule has 1 N–H and O–H groups in total. The maximum Gasteiger partial charge on any atom is 0.256 e. The van der Waals surface area contributed by atoms with Crippen LogP contribution in [0.5, 0.6) is 0 Å². The van der Waals surface area contributed by atoms with Gasteiger partial charge in [-0.1, -0.05) is 48.0 Å². The third-order valence-electron chi connectivity index (χ3n) is 3.13. The summed E-state index contributed by atoms with van der Waals surface area (Å²) >= 11 is 5.61. The summed E-state index contributed by atoms with van der Waals surface area (Å²) in [6.07, 6.45) is -1.23. The Labute approximate surface area is 127 Å². The molecule has 0 aliphatic heterocycles. The number of hydrogen-bond acceptors (Lipinski definition) is 2. The van der Waals surface area contributed by atoms with Crippen LogP contribution < -0.4 is 0 Å². The first-order chi connectivity index (χ1) is 9.99. The lowest BCUT2D eigenvalue weighted by Crippen LogP contribution is -2.31. The lowest BCUT2D eigenvalue weighted by Gasteiger charge is -2.21. The highest BCUT2D eigenvalue weighted by Gasteiger charge is 2.21. The van der Waals surface area contributed by atoms with Gasteiger partial charge in [0.25, 0.3) is 5.91 Å². The van der Waals surface area contributed by atoms with Crippen LogP contribution in [0.25, 0.3) is 0 Å². The van der Waals surface area contributed by atoms with Crippen LogP contribution in [-0.2, 0) is 11.3 Å². The van der Waals surface area contributed by atoms with Gasteiger partial charge in [0.2, 0.25) is 0 Å². The summed E-state index contributed by atoms with van der Waals surface area (Å²) in [5, 5.41) is 10.1. The third-order valence-corrected chi connectivity index (χ3v) is 3.44. The van der Waals surface area contributed by atoms with Gasteiger partial charge in [0.15, 0.2) is 6.10 Å². The van der Waals surface area contributed by atoms with E-state index in [0.717, 1.165) is 0 Å². The summed E-state index contributed by atoms with van der Waals surface area (Å²) < 4.78 is 13.4. The Bertz CT molecular complexity index is 633. The Kier molecular flexibility index (Phi) is 4.94. The summed E-state index contributed by atoms with van der Waals surface area (Å²) in [6, 6.07) is 13.0. The van der Waals surface area contributed by atoms with Gasteiger partial charge in [-0.25, -0.2) is 4.39 Å². The number of amides is 1. The number of nitrogens with zero attached hydrogens (tertiary/aromatic N) is 1. The van der Waals surface area contributed by atoms with E-state index in [1.165, 1.54) is 17.0 Å². The fourth-order valence-electron chi connectivity index (χ4n) is 1.98. The molecule has 0 bridgehead atoms. The van der Waals surface area contributed by atoms with Crippen LogP contribution in [-0.4, -0.2) is 23.0 Å². The van der Waals surface area contributed by atoms with Crippen LogP contribution in [0.3, 0.4) is 0 Å². The number of aliphatic hydroxyl groups is 1. The highest BCUT2D eigenvalue weighted by Crippen LogP contribution is 2.19. The van der Waals surface area contributed by atoms with Gasteiger partial charge < -0.3 is 10.0 Å². The van der Waals surface area contributed by atoms with E-state index in [0.29, 0.717) is 11.1 Å². The summed E-state index contributed by atoms with van der Waals surface area (Å²) in [5.41, 5.74) is 1.13. The molecule has 0 aliphatic rings. The van der Waals surface area contributed by atoms with Crippen molar-refractivity contribution >= 4 is 17.5 Å². The minimum absolute atomic E-state index is 0.0389. The van der Waals surface area contributed by atoms with Crippen LogP contribution in [0.1, 0.15) is 17.2 Å². The van der Waals surface area contributed by atoms with Crippen molar-refractivity contribution in [1.82, 2.24) is 4.90 Å². The van der Waals surface area contributed by atoms with Crippen molar-refractivity contribution < 1.29 is 14.3 Å². The normalized spacial score (nSPS) is 12.0. The number of benzene rings is 2. The van der Waals surface area contributed by atoms with Crippen molar-refractivity contribution in [3.8, 4) is 0 Å². The zero-order valence-electron chi connectivity index (χ0n) is 11.5. The maximum atomic E-state index is 13.4. The molecule has 2 rings (SSSR count). The molecule has 21 heavy (non-hydrogen) atoms. The summed E-state index contributed by atoms with van der Waals surface area (Å²) in [5.74, 6) is -0.977. The monoisotopic (exact) mass is 307 g/mol. The summed E-state index contributed by atoms with van der Waals surface area (Å²) in [7, 11) is 1.56. The summed E-state index contributed by atoms with van der Waals surface area (Å²) in [6.45, 7) is 0.191. The van der Waals surface area contributed by atoms with Crippen molar-refractivity contribution in [2.24, 2.45) is 0 Å². The largest absolute Gasteiger partial charge is 0.378 e. The molecular weight excluding hydrogens is 293 g/mol. The number of hydrogen-bond donors (Lipinski definition) is 1. The van der Waals surface area contributed by atoms with Gasteiger partial charge in [0.05, 0.1) is 5.02 Å². The van der Waals surface area contributed by atoms with Crippen LogP contribution >= 0.6 is 11.6 Å². The molecule has 0 fully saturated rings. The zero-order chi connectivity index (χ0) is 15.4. The third kappa shape index (κ3) is 3.80. The van der Waals surface area contributed by atoms with Crippen LogP contribution in [0, 0.1) is 5.82 Å². The van der Waals surface area contributed by atoms with E-state index in [4.69, 9.17) is 11.6 Å². The van der Waals surface area contributed by atoms with Crippen LogP contribution in [0.15, 0.2) is 48.5 Å². The van der Waals surface area contributed by atoms with Gasteiger partial charge >= 0.3 is 0 Å². The zero-order valence-corrected chi connectivity index (χ0v) is 12.2. The lowest BCUT2D eigenvalue weighted by atomic mass is 10.1. The molecule has 0 saturated heterocycles. The highest BCUT2D eigenvalue weighted by atomic mass is 35.5. The van der Waals surface area contributed by atoms with E-state index in [1.807, 2.05) is 0 Å². The Balaban J connectivity index is 2.07. The van der Waals surface area contributed by atoms with Gasteiger partial charge in [-0.15, -0.1) is 0 Å². The lowest BCUT2D eigenvalue weighted by molar-refractivity contribution is -0.139. The van der Waals surface area contributed by atoms with Crippen LogP contribution in [0.4, 0.5) is 4.39 Å². The summed E-state index contributed by atoms with van der Waals surface area (Å²) in [4.78, 5) is 13.5. The molecule has 0 spiro atoms. The van der Waals surface area contributed by atoms with Gasteiger partial charge in [-0.3, -0.25) is 4.79 Å². The second kappa shape index (κ2) is 6.70. The fourth-order valence-corrected chi connectivity index (χ4v) is 2.09. The van der Waals surface area contributed by atoms with Crippen LogP contribution in [0.2, 0.25) is 5.02 Å². The number of carbonyl (C=O) groups is 1. The molecule has 5 heteroatoms. The van der Waals surface area contributed by atoms with Crippen molar-refractivity contribution in [3.05, 3.63) is 70.5 Å². The quantitative estimate of drug-likeness (QED) is 0.942. The molecule has 2 aromatic rings. The molecule has 0 saturated carbocycles. The first-order valence-corrected chi connectivity index (χ1v) is 6.78. The maximum absolute atomic E-state index is 13.4. The second-order valence-electron chi connectivity index (χ2n) is 4.76. The van der Waals surface area contributed by atoms with Crippen molar-refractivity contribution in [1.29, 1.82) is 0 Å². The van der Waals surface area contributed by atoms with Gasteiger partial charge in [0.1, 0.15) is 5.82 Å². The molecule has 0 aliphatic carbocycles. The van der Waals surface area contributed by atoms with Gasteiger partial charge in [-0.2, -0.15) is 0 Å². The molecule has 1 unspecified atom stereocenters. The van der Waals surface area contributed by atoms with Crippen molar-refractivity contribution in [3.63, 3.8) is 0 Å². The second-order valence-corrected chi connectivity index (χ2v) is 5.16. The number of rotatable bonds is 4. The standard InChI is InChI=1S/C16H15ClFNO2/c1-19(10-11-7-8-13(17)14(18)9-11)16(21)15(20)12-5-3-2-4-6-12/h2-9,15,20H,10H2,1H3. The molecule has 1 amide bonds. The number of aliphatic hydroxyl groups excluding tert-OH is 1. The average molecular weight is 308 g/mol.